The number of hydrogen-bond donors (Lipinski definition) is 2. The van der Waals surface area contributed by atoms with Gasteiger partial charge < -0.3 is 9.88 Å². The lowest BCUT2D eigenvalue weighted by molar-refractivity contribution is 0.0946. The summed E-state index contributed by atoms with van der Waals surface area (Å²) in [5, 5.41) is 3.72. The first-order chi connectivity index (χ1) is 13.5. The maximum absolute atomic E-state index is 12.5. The molecular weight excluding hydrogens is 398 g/mol. The molecule has 144 valence electrons. The molecule has 0 aliphatic carbocycles. The minimum Gasteiger partial charge on any atom is -0.349 e. The van der Waals surface area contributed by atoms with Crippen molar-refractivity contribution in [3.63, 3.8) is 0 Å². The van der Waals surface area contributed by atoms with E-state index in [0.29, 0.717) is 16.7 Å². The lowest BCUT2D eigenvalue weighted by atomic mass is 10.2. The van der Waals surface area contributed by atoms with Gasteiger partial charge in [-0.1, -0.05) is 24.3 Å². The number of nitrogens with one attached hydrogen (secondary N) is 2. The van der Waals surface area contributed by atoms with E-state index in [1.165, 1.54) is 6.07 Å². The molecule has 0 aliphatic heterocycles. The van der Waals surface area contributed by atoms with E-state index in [1.54, 1.807) is 12.1 Å². The Hall–Kier alpha value is -2.82. The molecule has 4 aromatic rings. The smallest absolute Gasteiger partial charge is 0.267 e. The molecule has 2 aromatic heterocycles. The maximum atomic E-state index is 12.5. The molecule has 2 N–H and O–H groups in total. The van der Waals surface area contributed by atoms with E-state index < -0.39 is 10.0 Å². The van der Waals surface area contributed by atoms with E-state index in [0.717, 1.165) is 22.6 Å². The lowest BCUT2D eigenvalue weighted by Gasteiger charge is -2.09. The molecule has 4 rings (SSSR count). The Kier molecular flexibility index (Phi) is 4.84. The van der Waals surface area contributed by atoms with Gasteiger partial charge in [0.2, 0.25) is 10.0 Å². The number of nitrogens with zero attached hydrogens (tertiary/aromatic N) is 3. The molecule has 0 spiro atoms. The number of amides is 1. The fourth-order valence-corrected chi connectivity index (χ4v) is 4.83. The molecule has 0 radical (unpaired) electrons. The van der Waals surface area contributed by atoms with Crippen molar-refractivity contribution in [3.8, 4) is 0 Å². The van der Waals surface area contributed by atoms with Gasteiger partial charge in [0.05, 0.1) is 11.7 Å². The summed E-state index contributed by atoms with van der Waals surface area (Å²) in [6.45, 7) is 0.219. The van der Waals surface area contributed by atoms with Gasteiger partial charge in [0.1, 0.15) is 21.6 Å². The Bertz CT molecular complexity index is 1280. The predicted molar refractivity (Wildman–Crippen MR) is 108 cm³/mol. The fraction of sp³-hybridized carbons (Fsp3) is 0.167. The molecule has 0 bridgehead atoms. The van der Waals surface area contributed by atoms with E-state index in [9.17, 15) is 13.2 Å². The van der Waals surface area contributed by atoms with Crippen LogP contribution in [0.2, 0.25) is 0 Å². The number of rotatable bonds is 6. The second-order valence-corrected chi connectivity index (χ2v) is 8.45. The summed E-state index contributed by atoms with van der Waals surface area (Å²) in [5.41, 5.74) is 2.36. The van der Waals surface area contributed by atoms with E-state index in [4.69, 9.17) is 0 Å². The van der Waals surface area contributed by atoms with Crippen LogP contribution in [0.1, 0.15) is 10.5 Å². The third-order valence-electron chi connectivity index (χ3n) is 4.43. The van der Waals surface area contributed by atoms with Crippen molar-refractivity contribution in [3.05, 3.63) is 54.2 Å². The van der Waals surface area contributed by atoms with E-state index in [-0.39, 0.29) is 23.9 Å². The summed E-state index contributed by atoms with van der Waals surface area (Å²) in [4.78, 5) is 12.5. The van der Waals surface area contributed by atoms with Crippen LogP contribution in [0.25, 0.3) is 21.9 Å². The van der Waals surface area contributed by atoms with Crippen molar-refractivity contribution in [2.45, 2.75) is 4.90 Å². The van der Waals surface area contributed by atoms with Gasteiger partial charge in [-0.2, -0.15) is 8.75 Å². The zero-order chi connectivity index (χ0) is 19.7. The molecule has 0 unspecified atom stereocenters. The highest BCUT2D eigenvalue weighted by atomic mass is 32.2. The van der Waals surface area contributed by atoms with Gasteiger partial charge in [-0.15, -0.1) is 0 Å². The normalized spacial score (nSPS) is 11.9. The van der Waals surface area contributed by atoms with Crippen molar-refractivity contribution in [1.82, 2.24) is 23.4 Å². The first-order valence-electron chi connectivity index (χ1n) is 8.51. The number of fused-ring (bicyclic) bond motifs is 2. The average molecular weight is 416 g/mol. The van der Waals surface area contributed by atoms with Crippen LogP contribution in [-0.2, 0) is 17.1 Å². The highest BCUT2D eigenvalue weighted by Gasteiger charge is 2.19. The van der Waals surface area contributed by atoms with Gasteiger partial charge in [0.15, 0.2) is 0 Å². The second-order valence-electron chi connectivity index (χ2n) is 6.19. The quantitative estimate of drug-likeness (QED) is 0.468. The van der Waals surface area contributed by atoms with E-state index >= 15 is 0 Å². The number of sulfonamides is 1. The van der Waals surface area contributed by atoms with Crippen LogP contribution in [0, 0.1) is 0 Å². The van der Waals surface area contributed by atoms with Crippen LogP contribution >= 0.6 is 11.7 Å². The molecule has 8 nitrogen and oxygen atoms in total. The molecule has 0 atom stereocenters. The summed E-state index contributed by atoms with van der Waals surface area (Å²) in [5.74, 6) is -0.260. The third-order valence-corrected chi connectivity index (χ3v) is 6.46. The van der Waals surface area contributed by atoms with Crippen LogP contribution in [0.3, 0.4) is 0 Å². The number of aryl methyl sites for hydroxylation is 1. The third kappa shape index (κ3) is 3.37. The topological polar surface area (TPSA) is 106 Å². The van der Waals surface area contributed by atoms with Crippen molar-refractivity contribution in [2.24, 2.45) is 7.05 Å². The summed E-state index contributed by atoms with van der Waals surface area (Å²) < 4.78 is 37.5. The minimum absolute atomic E-state index is 0.0615. The molecule has 1 amide bonds. The minimum atomic E-state index is -3.75. The van der Waals surface area contributed by atoms with Crippen molar-refractivity contribution in [1.29, 1.82) is 0 Å². The van der Waals surface area contributed by atoms with Gasteiger partial charge in [-0.25, -0.2) is 13.1 Å². The van der Waals surface area contributed by atoms with Crippen LogP contribution in [0.4, 0.5) is 0 Å². The first kappa shape index (κ1) is 18.5. The Labute approximate surface area is 165 Å². The Morgan fingerprint density at radius 2 is 1.93 bits per heavy atom. The molecule has 0 fully saturated rings. The number of benzene rings is 2. The molecule has 28 heavy (non-hydrogen) atoms. The number of aromatic nitrogens is 3. The molecule has 0 saturated carbocycles. The van der Waals surface area contributed by atoms with Crippen LogP contribution in [0.5, 0.6) is 0 Å². The summed E-state index contributed by atoms with van der Waals surface area (Å²) in [6, 6.07) is 14.3. The average Bonchev–Trinajstić information content (AvgIpc) is 3.30. The van der Waals surface area contributed by atoms with Crippen LogP contribution in [0.15, 0.2) is 53.4 Å². The van der Waals surface area contributed by atoms with Crippen molar-refractivity contribution in [2.75, 3.05) is 13.1 Å². The molecule has 2 aromatic carbocycles. The Balaban J connectivity index is 1.40. The van der Waals surface area contributed by atoms with E-state index in [1.807, 2.05) is 41.9 Å². The molecular formula is C18H17N5O3S2. The SMILES string of the molecule is Cn1c(C(=O)NCCNS(=O)(=O)c2cccc3nsnc23)cc2ccccc21. The van der Waals surface area contributed by atoms with Crippen LogP contribution in [-0.4, -0.2) is 40.7 Å². The van der Waals surface area contributed by atoms with Gasteiger partial charge in [0.25, 0.3) is 5.91 Å². The number of para-hydroxylation sites is 1. The van der Waals surface area contributed by atoms with Gasteiger partial charge in [-0.05, 0) is 24.3 Å². The predicted octanol–water partition coefficient (Wildman–Crippen LogP) is 1.89. The van der Waals surface area contributed by atoms with Gasteiger partial charge >= 0.3 is 0 Å². The van der Waals surface area contributed by atoms with Crippen molar-refractivity contribution >= 4 is 49.6 Å². The van der Waals surface area contributed by atoms with Crippen LogP contribution < -0.4 is 10.0 Å². The van der Waals surface area contributed by atoms with Gasteiger partial charge in [-0.3, -0.25) is 4.79 Å². The summed E-state index contributed by atoms with van der Waals surface area (Å²) in [6.07, 6.45) is 0. The number of carbonyl (C=O) groups excluding carboxylic acids is 1. The monoisotopic (exact) mass is 415 g/mol. The highest BCUT2D eigenvalue weighted by Crippen LogP contribution is 2.21. The summed E-state index contributed by atoms with van der Waals surface area (Å²) >= 11 is 0.964. The number of hydrogen-bond acceptors (Lipinski definition) is 6. The molecule has 2 heterocycles. The van der Waals surface area contributed by atoms with E-state index in [2.05, 4.69) is 18.8 Å². The molecule has 0 saturated heterocycles. The maximum Gasteiger partial charge on any atom is 0.267 e. The Morgan fingerprint density at radius 3 is 2.75 bits per heavy atom. The fourth-order valence-electron chi connectivity index (χ4n) is 3.03. The van der Waals surface area contributed by atoms with Gasteiger partial charge in [0, 0.05) is 31.0 Å². The zero-order valence-corrected chi connectivity index (χ0v) is 16.5. The Morgan fingerprint density at radius 1 is 1.11 bits per heavy atom. The standard InChI is InChI=1S/C18H17N5O3S2/c1-23-14-7-3-2-5-12(14)11-15(23)18(24)19-9-10-20-28(25,26)16-8-4-6-13-17(16)22-27-21-13/h2-8,11,20H,9-10H2,1H3,(H,19,24). The zero-order valence-electron chi connectivity index (χ0n) is 14.9. The molecule has 10 heteroatoms. The van der Waals surface area contributed by atoms with Crippen molar-refractivity contribution < 1.29 is 13.2 Å². The second kappa shape index (κ2) is 7.30. The molecule has 0 aliphatic rings. The largest absolute Gasteiger partial charge is 0.349 e. The highest BCUT2D eigenvalue weighted by molar-refractivity contribution is 7.89. The first-order valence-corrected chi connectivity index (χ1v) is 10.7. The summed E-state index contributed by atoms with van der Waals surface area (Å²) in [7, 11) is -1.93. The lowest BCUT2D eigenvalue weighted by Crippen LogP contribution is -2.35. The number of carbonyl (C=O) groups is 1.